The SMILES string of the molecule is CCC(C(=O)c1ccc(Cl)cc1)C1(n2cnnc2)C(=O)N(S(=O)(=O)c2ccccc2)CCN1c1ccccn1. The van der Waals surface area contributed by atoms with Crippen molar-refractivity contribution < 1.29 is 18.0 Å². The van der Waals surface area contributed by atoms with Gasteiger partial charge < -0.3 is 4.90 Å². The number of piperazine rings is 1. The molecular formula is C27H25ClN6O4S. The second-order valence-electron chi connectivity index (χ2n) is 8.96. The number of amides is 1. The molecule has 39 heavy (non-hydrogen) atoms. The quantitative estimate of drug-likeness (QED) is 0.298. The zero-order chi connectivity index (χ0) is 27.6. The van der Waals surface area contributed by atoms with E-state index in [0.29, 0.717) is 16.4 Å². The summed E-state index contributed by atoms with van der Waals surface area (Å²) in [4.78, 5) is 35.1. The summed E-state index contributed by atoms with van der Waals surface area (Å²) in [5, 5.41) is 8.31. The number of sulfonamides is 1. The number of carbonyl (C=O) groups is 2. The van der Waals surface area contributed by atoms with Crippen LogP contribution in [0.5, 0.6) is 0 Å². The highest BCUT2D eigenvalue weighted by Gasteiger charge is 2.60. The van der Waals surface area contributed by atoms with Crippen LogP contribution in [0.3, 0.4) is 0 Å². The Balaban J connectivity index is 1.76. The third kappa shape index (κ3) is 4.47. The van der Waals surface area contributed by atoms with Crippen LogP contribution in [-0.4, -0.2) is 57.3 Å². The van der Waals surface area contributed by atoms with Crippen LogP contribution in [0.1, 0.15) is 23.7 Å². The lowest BCUT2D eigenvalue weighted by Crippen LogP contribution is -2.71. The molecule has 1 saturated heterocycles. The molecule has 1 amide bonds. The Morgan fingerprint density at radius 1 is 0.974 bits per heavy atom. The molecule has 4 aromatic rings. The predicted octanol–water partition coefficient (Wildman–Crippen LogP) is 3.63. The second-order valence-corrected chi connectivity index (χ2v) is 11.3. The van der Waals surface area contributed by atoms with E-state index in [9.17, 15) is 18.0 Å². The number of Topliss-reactive ketones (excluding diaryl/α,β-unsaturated/α-hetero) is 1. The first kappa shape index (κ1) is 26.5. The van der Waals surface area contributed by atoms with E-state index in [0.717, 1.165) is 4.31 Å². The van der Waals surface area contributed by atoms with E-state index in [1.54, 1.807) is 78.7 Å². The van der Waals surface area contributed by atoms with Gasteiger partial charge in [-0.3, -0.25) is 14.2 Å². The Hall–Kier alpha value is -4.09. The molecule has 1 fully saturated rings. The summed E-state index contributed by atoms with van der Waals surface area (Å²) in [6, 6.07) is 19.3. The van der Waals surface area contributed by atoms with Crippen molar-refractivity contribution >= 4 is 39.1 Å². The van der Waals surface area contributed by atoms with Crippen LogP contribution >= 0.6 is 11.6 Å². The minimum atomic E-state index is -4.26. The van der Waals surface area contributed by atoms with Gasteiger partial charge in [-0.25, -0.2) is 17.7 Å². The van der Waals surface area contributed by atoms with Crippen LogP contribution in [0.2, 0.25) is 5.02 Å². The molecule has 2 unspecified atom stereocenters. The number of halogens is 1. The minimum absolute atomic E-state index is 0.0284. The van der Waals surface area contributed by atoms with Crippen molar-refractivity contribution in [3.05, 3.63) is 102 Å². The molecule has 2 aromatic carbocycles. The van der Waals surface area contributed by atoms with Crippen molar-refractivity contribution in [3.8, 4) is 0 Å². The van der Waals surface area contributed by atoms with E-state index in [-0.39, 0.29) is 30.2 Å². The van der Waals surface area contributed by atoms with Gasteiger partial charge in [-0.05, 0) is 55.0 Å². The standard InChI is InChI=1S/C27H25ClN6O4S/c1-2-23(25(35)20-11-13-21(28)14-12-20)27(32-18-30-31-19-32)26(36)34(39(37,38)22-8-4-3-5-9-22)17-16-33(27)24-10-6-7-15-29-24/h3-15,18-19,23H,2,16-17H2,1H3. The van der Waals surface area contributed by atoms with Crippen LogP contribution in [0, 0.1) is 5.92 Å². The zero-order valence-corrected chi connectivity index (χ0v) is 22.5. The number of rotatable bonds is 8. The molecule has 3 heterocycles. The molecule has 0 radical (unpaired) electrons. The minimum Gasteiger partial charge on any atom is -0.323 e. The first-order chi connectivity index (χ1) is 18.8. The van der Waals surface area contributed by atoms with Crippen molar-refractivity contribution in [3.63, 3.8) is 0 Å². The van der Waals surface area contributed by atoms with Crippen molar-refractivity contribution in [1.29, 1.82) is 0 Å². The van der Waals surface area contributed by atoms with Crippen molar-refractivity contribution in [1.82, 2.24) is 24.1 Å². The molecular weight excluding hydrogens is 540 g/mol. The van der Waals surface area contributed by atoms with Crippen LogP contribution in [-0.2, 0) is 20.5 Å². The lowest BCUT2D eigenvalue weighted by molar-refractivity contribution is -0.141. The summed E-state index contributed by atoms with van der Waals surface area (Å²) >= 11 is 6.07. The summed E-state index contributed by atoms with van der Waals surface area (Å²) < 4.78 is 29.9. The third-order valence-electron chi connectivity index (χ3n) is 6.89. The van der Waals surface area contributed by atoms with Gasteiger partial charge in [0.2, 0.25) is 5.66 Å². The fourth-order valence-electron chi connectivity index (χ4n) is 5.13. The summed E-state index contributed by atoms with van der Waals surface area (Å²) in [5.74, 6) is -1.83. The molecule has 12 heteroatoms. The highest BCUT2D eigenvalue weighted by atomic mass is 35.5. The number of hydrogen-bond acceptors (Lipinski definition) is 8. The maximum absolute atomic E-state index is 14.8. The lowest BCUT2D eigenvalue weighted by atomic mass is 9.80. The Morgan fingerprint density at radius 3 is 2.26 bits per heavy atom. The third-order valence-corrected chi connectivity index (χ3v) is 8.94. The first-order valence-corrected chi connectivity index (χ1v) is 14.1. The summed E-state index contributed by atoms with van der Waals surface area (Å²) in [7, 11) is -4.26. The maximum Gasteiger partial charge on any atom is 0.284 e. The Morgan fingerprint density at radius 2 is 1.64 bits per heavy atom. The molecule has 0 bridgehead atoms. The first-order valence-electron chi connectivity index (χ1n) is 12.3. The Bertz CT molecular complexity index is 1570. The number of hydrogen-bond donors (Lipinski definition) is 0. The van der Waals surface area contributed by atoms with Crippen LogP contribution in [0.25, 0.3) is 0 Å². The number of pyridine rings is 1. The van der Waals surface area contributed by atoms with E-state index in [1.807, 2.05) is 0 Å². The molecule has 10 nitrogen and oxygen atoms in total. The lowest BCUT2D eigenvalue weighted by Gasteiger charge is -2.52. The van der Waals surface area contributed by atoms with E-state index in [2.05, 4.69) is 15.2 Å². The van der Waals surface area contributed by atoms with Gasteiger partial charge in [-0.2, -0.15) is 0 Å². The molecule has 0 aliphatic carbocycles. The number of nitrogens with zero attached hydrogens (tertiary/aromatic N) is 6. The van der Waals surface area contributed by atoms with Crippen molar-refractivity contribution in [2.45, 2.75) is 23.9 Å². The van der Waals surface area contributed by atoms with E-state index >= 15 is 0 Å². The molecule has 2 aromatic heterocycles. The van der Waals surface area contributed by atoms with Gasteiger partial charge in [0.25, 0.3) is 15.9 Å². The second kappa shape index (κ2) is 10.6. The van der Waals surface area contributed by atoms with Crippen LogP contribution in [0.4, 0.5) is 5.82 Å². The van der Waals surface area contributed by atoms with Gasteiger partial charge in [0, 0.05) is 23.3 Å². The molecule has 0 N–H and O–H groups in total. The van der Waals surface area contributed by atoms with Crippen LogP contribution in [0.15, 0.2) is 96.5 Å². The molecule has 1 aliphatic rings. The molecule has 5 rings (SSSR count). The zero-order valence-electron chi connectivity index (χ0n) is 21.0. The van der Waals surface area contributed by atoms with Crippen LogP contribution < -0.4 is 4.90 Å². The van der Waals surface area contributed by atoms with E-state index in [1.165, 1.54) is 29.4 Å². The summed E-state index contributed by atoms with van der Waals surface area (Å²) in [5.41, 5.74) is -1.56. The largest absolute Gasteiger partial charge is 0.323 e. The van der Waals surface area contributed by atoms with Gasteiger partial charge in [-0.15, -0.1) is 10.2 Å². The van der Waals surface area contributed by atoms with E-state index in [4.69, 9.17) is 11.6 Å². The topological polar surface area (TPSA) is 118 Å². The maximum atomic E-state index is 14.8. The van der Waals surface area contributed by atoms with Crippen molar-refractivity contribution in [2.24, 2.45) is 5.92 Å². The number of anilines is 1. The number of benzene rings is 2. The highest BCUT2D eigenvalue weighted by molar-refractivity contribution is 7.89. The Kier molecular flexibility index (Phi) is 7.19. The molecule has 0 saturated carbocycles. The highest BCUT2D eigenvalue weighted by Crippen LogP contribution is 2.42. The Labute approximate surface area is 230 Å². The number of carbonyl (C=O) groups excluding carboxylic acids is 2. The van der Waals surface area contributed by atoms with Gasteiger partial charge in [-0.1, -0.05) is 42.8 Å². The molecule has 0 spiro atoms. The molecule has 200 valence electrons. The number of ketones is 1. The average molecular weight is 565 g/mol. The summed E-state index contributed by atoms with van der Waals surface area (Å²) in [6.07, 6.45) is 4.41. The van der Waals surface area contributed by atoms with E-state index < -0.39 is 27.5 Å². The fraction of sp³-hybridized carbons (Fsp3) is 0.222. The van der Waals surface area contributed by atoms with Gasteiger partial charge in [0.15, 0.2) is 5.78 Å². The fourth-order valence-corrected chi connectivity index (χ4v) is 6.68. The molecule has 2 atom stereocenters. The smallest absolute Gasteiger partial charge is 0.284 e. The monoisotopic (exact) mass is 564 g/mol. The van der Waals surface area contributed by atoms with Gasteiger partial charge in [0.1, 0.15) is 18.5 Å². The summed E-state index contributed by atoms with van der Waals surface area (Å²) in [6.45, 7) is 1.69. The van der Waals surface area contributed by atoms with Crippen molar-refractivity contribution in [2.75, 3.05) is 18.0 Å². The molecule has 1 aliphatic heterocycles. The average Bonchev–Trinajstić information content (AvgIpc) is 3.51. The normalized spacial score (nSPS) is 18.7. The van der Waals surface area contributed by atoms with Gasteiger partial charge >= 0.3 is 0 Å². The predicted molar refractivity (Wildman–Crippen MR) is 144 cm³/mol. The van der Waals surface area contributed by atoms with Gasteiger partial charge in [0.05, 0.1) is 17.4 Å². The number of aromatic nitrogens is 4.